The molecule has 1 aliphatic carbocycles. The van der Waals surface area contributed by atoms with Gasteiger partial charge in [-0.3, -0.25) is 9.89 Å². The highest BCUT2D eigenvalue weighted by Crippen LogP contribution is 2.32. The van der Waals surface area contributed by atoms with Gasteiger partial charge in [0.2, 0.25) is 0 Å². The molecule has 1 amide bonds. The summed E-state index contributed by atoms with van der Waals surface area (Å²) < 4.78 is 1.43. The number of aromatic amines is 1. The highest BCUT2D eigenvalue weighted by atomic mass is 16.2. The van der Waals surface area contributed by atoms with Crippen molar-refractivity contribution in [3.8, 4) is 0 Å². The van der Waals surface area contributed by atoms with Gasteiger partial charge in [-0.2, -0.15) is 5.10 Å². The van der Waals surface area contributed by atoms with E-state index in [1.54, 1.807) is 7.05 Å². The fourth-order valence-corrected chi connectivity index (χ4v) is 2.32. The van der Waals surface area contributed by atoms with Crippen LogP contribution in [0.3, 0.4) is 0 Å². The Morgan fingerprint density at radius 1 is 1.58 bits per heavy atom. The first-order chi connectivity index (χ1) is 9.24. The molecule has 19 heavy (non-hydrogen) atoms. The van der Waals surface area contributed by atoms with Crippen molar-refractivity contribution in [3.05, 3.63) is 30.1 Å². The zero-order valence-electron chi connectivity index (χ0n) is 10.6. The lowest BCUT2D eigenvalue weighted by molar-refractivity contribution is 0.101. The van der Waals surface area contributed by atoms with Crippen molar-refractivity contribution >= 4 is 11.7 Å². The van der Waals surface area contributed by atoms with Crippen molar-refractivity contribution in [3.63, 3.8) is 0 Å². The third-order valence-electron chi connectivity index (χ3n) is 3.40. The molecule has 1 aliphatic rings. The van der Waals surface area contributed by atoms with Gasteiger partial charge in [0.05, 0.1) is 6.20 Å². The monoisotopic (exact) mass is 259 g/mol. The number of H-pyrrole nitrogens is 1. The van der Waals surface area contributed by atoms with Crippen LogP contribution in [0.15, 0.2) is 12.3 Å². The molecule has 2 aromatic rings. The van der Waals surface area contributed by atoms with E-state index < -0.39 is 0 Å². The highest BCUT2D eigenvalue weighted by molar-refractivity contribution is 6.02. The molecular weight excluding hydrogens is 244 g/mol. The lowest BCUT2D eigenvalue weighted by atomic mass is 10.0. The molecule has 7 nitrogen and oxygen atoms in total. The molecular formula is C12H15N6O. The predicted octanol–water partition coefficient (Wildman–Crippen LogP) is 1.26. The third-order valence-corrected chi connectivity index (χ3v) is 3.40. The van der Waals surface area contributed by atoms with Crippen molar-refractivity contribution < 1.29 is 4.79 Å². The molecule has 1 radical (unpaired) electrons. The van der Waals surface area contributed by atoms with Crippen LogP contribution in [-0.2, 0) is 7.05 Å². The quantitative estimate of drug-likeness (QED) is 0.868. The van der Waals surface area contributed by atoms with Gasteiger partial charge < -0.3 is 5.32 Å². The molecule has 99 valence electrons. The van der Waals surface area contributed by atoms with Gasteiger partial charge in [0.1, 0.15) is 5.69 Å². The van der Waals surface area contributed by atoms with E-state index in [0.29, 0.717) is 17.4 Å². The fraction of sp³-hybridized carbons (Fsp3) is 0.417. The van der Waals surface area contributed by atoms with E-state index in [0.717, 1.165) is 25.0 Å². The van der Waals surface area contributed by atoms with Crippen molar-refractivity contribution in [2.45, 2.75) is 25.2 Å². The number of aromatic nitrogens is 5. The van der Waals surface area contributed by atoms with Gasteiger partial charge in [0.15, 0.2) is 5.82 Å². The van der Waals surface area contributed by atoms with Gasteiger partial charge in [0.25, 0.3) is 5.91 Å². The lowest BCUT2D eigenvalue weighted by Gasteiger charge is -2.03. The van der Waals surface area contributed by atoms with Crippen LogP contribution in [-0.4, -0.2) is 31.1 Å². The zero-order valence-corrected chi connectivity index (χ0v) is 10.6. The van der Waals surface area contributed by atoms with Crippen LogP contribution in [0.1, 0.15) is 41.4 Å². The summed E-state index contributed by atoms with van der Waals surface area (Å²) in [6, 6.07) is 1.89. The average Bonchev–Trinajstić information content (AvgIpc) is 3.07. The molecule has 1 fully saturated rings. The first-order valence-electron chi connectivity index (χ1n) is 6.27. The van der Waals surface area contributed by atoms with Gasteiger partial charge in [-0.25, -0.2) is 4.68 Å². The van der Waals surface area contributed by atoms with Gasteiger partial charge in [-0.15, -0.1) is 5.10 Å². The van der Waals surface area contributed by atoms with Crippen LogP contribution in [0, 0.1) is 6.42 Å². The Hall–Kier alpha value is -2.18. The number of carbonyl (C=O) groups is 1. The van der Waals surface area contributed by atoms with Crippen molar-refractivity contribution in [1.29, 1.82) is 0 Å². The van der Waals surface area contributed by atoms with Gasteiger partial charge in [-0.05, 0) is 25.7 Å². The van der Waals surface area contributed by atoms with E-state index in [1.165, 1.54) is 10.9 Å². The molecule has 0 unspecified atom stereocenters. The third kappa shape index (κ3) is 2.35. The largest absolute Gasteiger partial charge is 0.304 e. The smallest absolute Gasteiger partial charge is 0.276 e. The fourth-order valence-electron chi connectivity index (χ4n) is 2.32. The number of nitrogens with zero attached hydrogens (tertiary/aromatic N) is 4. The molecule has 1 atom stereocenters. The molecule has 3 rings (SSSR count). The number of anilines is 1. The number of rotatable bonds is 3. The maximum atomic E-state index is 12.0. The Bertz CT molecular complexity index is 581. The number of nitrogens with one attached hydrogen (secondary N) is 2. The highest BCUT2D eigenvalue weighted by Gasteiger charge is 2.20. The lowest BCUT2D eigenvalue weighted by Crippen LogP contribution is -2.16. The molecule has 0 saturated heterocycles. The number of hydrogen-bond donors (Lipinski definition) is 2. The maximum Gasteiger partial charge on any atom is 0.276 e. The Morgan fingerprint density at radius 3 is 3.16 bits per heavy atom. The minimum Gasteiger partial charge on any atom is -0.304 e. The van der Waals surface area contributed by atoms with Crippen molar-refractivity contribution in [2.75, 3.05) is 5.32 Å². The number of aryl methyl sites for hydroxylation is 1. The summed E-state index contributed by atoms with van der Waals surface area (Å²) in [7, 11) is 1.67. The predicted molar refractivity (Wildman–Crippen MR) is 68.4 cm³/mol. The van der Waals surface area contributed by atoms with Crippen LogP contribution in [0.25, 0.3) is 0 Å². The first-order valence-corrected chi connectivity index (χ1v) is 6.27. The Morgan fingerprint density at radius 2 is 2.47 bits per heavy atom. The van der Waals surface area contributed by atoms with E-state index in [4.69, 9.17) is 0 Å². The standard InChI is InChI=1S/C12H15N6O/c1-18-10(7-13-17-18)12(19)14-11-6-9(15-16-11)8-4-2-3-5-8/h2,6-8H,3-5H2,1H3,(H2,14,15,16,19)/t8-/m0/s1. The van der Waals surface area contributed by atoms with Crippen LogP contribution in [0.4, 0.5) is 5.82 Å². The Labute approximate surface area is 110 Å². The van der Waals surface area contributed by atoms with Crippen molar-refractivity contribution in [1.82, 2.24) is 25.2 Å². The second-order valence-corrected chi connectivity index (χ2v) is 4.70. The molecule has 0 bridgehead atoms. The van der Waals surface area contributed by atoms with E-state index in [1.807, 2.05) is 6.07 Å². The molecule has 2 N–H and O–H groups in total. The van der Waals surface area contributed by atoms with E-state index >= 15 is 0 Å². The first kappa shape index (κ1) is 11.9. The molecule has 2 aromatic heterocycles. The van der Waals surface area contributed by atoms with Crippen LogP contribution >= 0.6 is 0 Å². The van der Waals surface area contributed by atoms with Crippen LogP contribution in [0.5, 0.6) is 0 Å². The summed E-state index contributed by atoms with van der Waals surface area (Å²) in [4.78, 5) is 12.0. The molecule has 1 saturated carbocycles. The maximum absolute atomic E-state index is 12.0. The number of hydrogen-bond acceptors (Lipinski definition) is 4. The molecule has 2 heterocycles. The van der Waals surface area contributed by atoms with Crippen molar-refractivity contribution in [2.24, 2.45) is 7.05 Å². The summed E-state index contributed by atoms with van der Waals surface area (Å²) in [5, 5.41) is 17.2. The van der Waals surface area contributed by atoms with Gasteiger partial charge >= 0.3 is 0 Å². The zero-order chi connectivity index (χ0) is 13.2. The molecule has 0 aliphatic heterocycles. The second-order valence-electron chi connectivity index (χ2n) is 4.70. The summed E-state index contributed by atoms with van der Waals surface area (Å²) in [6.07, 6.45) is 7.06. The molecule has 0 aromatic carbocycles. The Kier molecular flexibility index (Phi) is 3.02. The Balaban J connectivity index is 1.70. The number of carbonyl (C=O) groups excluding carboxylic acids is 1. The average molecular weight is 259 g/mol. The van der Waals surface area contributed by atoms with Gasteiger partial charge in [-0.1, -0.05) is 5.21 Å². The van der Waals surface area contributed by atoms with Crippen LogP contribution < -0.4 is 5.32 Å². The SMILES string of the molecule is Cn1nncc1C(=O)Nc1cc([C@H]2C[CH]CC2)[nH]n1. The molecule has 0 spiro atoms. The minimum atomic E-state index is -0.261. The van der Waals surface area contributed by atoms with E-state index in [-0.39, 0.29) is 5.91 Å². The summed E-state index contributed by atoms with van der Waals surface area (Å²) in [5.74, 6) is 0.771. The summed E-state index contributed by atoms with van der Waals surface area (Å²) in [5.41, 5.74) is 1.48. The van der Waals surface area contributed by atoms with E-state index in [2.05, 4.69) is 32.2 Å². The topological polar surface area (TPSA) is 88.5 Å². The minimum absolute atomic E-state index is 0.261. The van der Waals surface area contributed by atoms with E-state index in [9.17, 15) is 4.79 Å². The summed E-state index contributed by atoms with van der Waals surface area (Å²) >= 11 is 0. The van der Waals surface area contributed by atoms with Crippen LogP contribution in [0.2, 0.25) is 0 Å². The number of amides is 1. The summed E-state index contributed by atoms with van der Waals surface area (Å²) in [6.45, 7) is 0. The second kappa shape index (κ2) is 4.83. The molecule has 7 heteroatoms. The van der Waals surface area contributed by atoms with Gasteiger partial charge in [0, 0.05) is 24.7 Å². The normalized spacial score (nSPS) is 15.8.